The van der Waals surface area contributed by atoms with Gasteiger partial charge in [0.05, 0.1) is 6.54 Å². The summed E-state index contributed by atoms with van der Waals surface area (Å²) in [5, 5.41) is 5.63. The van der Waals surface area contributed by atoms with Crippen LogP contribution in [0.1, 0.15) is 56.9 Å². The maximum atomic E-state index is 12.9. The zero-order valence-electron chi connectivity index (χ0n) is 13.6. The highest BCUT2D eigenvalue weighted by Gasteiger charge is 2.16. The Morgan fingerprint density at radius 1 is 1.13 bits per heavy atom. The van der Waals surface area contributed by atoms with E-state index in [4.69, 9.17) is 0 Å². The van der Waals surface area contributed by atoms with Gasteiger partial charge in [0, 0.05) is 12.5 Å². The summed E-state index contributed by atoms with van der Waals surface area (Å²) in [6, 6.07) is 6.40. The number of amides is 2. The van der Waals surface area contributed by atoms with Gasteiger partial charge in [-0.05, 0) is 36.5 Å². The average Bonchev–Trinajstić information content (AvgIpc) is 2.54. The lowest BCUT2D eigenvalue weighted by Gasteiger charge is -2.22. The van der Waals surface area contributed by atoms with Crippen molar-refractivity contribution in [3.05, 3.63) is 35.6 Å². The van der Waals surface area contributed by atoms with Gasteiger partial charge in [-0.2, -0.15) is 0 Å². The van der Waals surface area contributed by atoms with Crippen molar-refractivity contribution in [3.63, 3.8) is 0 Å². The highest BCUT2D eigenvalue weighted by molar-refractivity contribution is 5.85. The Labute approximate surface area is 136 Å². The molecule has 4 nitrogen and oxygen atoms in total. The van der Waals surface area contributed by atoms with Crippen LogP contribution in [0.2, 0.25) is 0 Å². The fraction of sp³-hybridized carbons (Fsp3) is 0.556. The number of hydrogen-bond donors (Lipinski definition) is 2. The molecule has 23 heavy (non-hydrogen) atoms. The number of rotatable bonds is 6. The van der Waals surface area contributed by atoms with Crippen LogP contribution in [-0.2, 0) is 9.59 Å². The normalized spacial score (nSPS) is 16.6. The highest BCUT2D eigenvalue weighted by Crippen LogP contribution is 2.19. The highest BCUT2D eigenvalue weighted by atomic mass is 19.1. The summed E-state index contributed by atoms with van der Waals surface area (Å²) < 4.78 is 12.9. The predicted octanol–water partition coefficient (Wildman–Crippen LogP) is 2.88. The fourth-order valence-corrected chi connectivity index (χ4v) is 2.96. The van der Waals surface area contributed by atoms with Crippen LogP contribution in [0.3, 0.4) is 0 Å². The average molecular weight is 320 g/mol. The molecule has 0 spiro atoms. The van der Waals surface area contributed by atoms with Gasteiger partial charge in [0.1, 0.15) is 5.82 Å². The summed E-state index contributed by atoms with van der Waals surface area (Å²) in [6.07, 6.45) is 5.90. The van der Waals surface area contributed by atoms with Gasteiger partial charge in [-0.3, -0.25) is 9.59 Å². The van der Waals surface area contributed by atoms with Crippen LogP contribution < -0.4 is 10.6 Å². The lowest BCUT2D eigenvalue weighted by atomic mass is 9.95. The fourth-order valence-electron chi connectivity index (χ4n) is 2.96. The van der Waals surface area contributed by atoms with Crippen molar-refractivity contribution >= 4 is 11.8 Å². The van der Waals surface area contributed by atoms with Crippen LogP contribution >= 0.6 is 0 Å². The van der Waals surface area contributed by atoms with E-state index in [0.717, 1.165) is 31.2 Å². The molecule has 1 aliphatic rings. The van der Waals surface area contributed by atoms with Gasteiger partial charge in [0.15, 0.2) is 0 Å². The Morgan fingerprint density at radius 2 is 1.78 bits per heavy atom. The van der Waals surface area contributed by atoms with Crippen LogP contribution in [0.15, 0.2) is 24.3 Å². The topological polar surface area (TPSA) is 58.2 Å². The third kappa shape index (κ3) is 6.00. The molecule has 1 aliphatic carbocycles. The van der Waals surface area contributed by atoms with Gasteiger partial charge < -0.3 is 10.6 Å². The largest absolute Gasteiger partial charge is 0.352 e. The third-order valence-electron chi connectivity index (χ3n) is 4.35. The standard InChI is InChI=1S/C18H25FN2O2/c1-13(14-7-9-15(19)10-8-14)11-17(22)20-12-18(23)21-16-5-3-2-4-6-16/h7-10,13,16H,2-6,11-12H2,1H3,(H,20,22)(H,21,23). The number of carbonyl (C=O) groups excluding carboxylic acids is 2. The van der Waals surface area contributed by atoms with Gasteiger partial charge in [-0.25, -0.2) is 4.39 Å². The molecule has 0 aromatic heterocycles. The van der Waals surface area contributed by atoms with Crippen LogP contribution in [0.4, 0.5) is 4.39 Å². The van der Waals surface area contributed by atoms with E-state index in [-0.39, 0.29) is 42.6 Å². The minimum Gasteiger partial charge on any atom is -0.352 e. The molecule has 1 atom stereocenters. The van der Waals surface area contributed by atoms with Crippen molar-refractivity contribution in [1.82, 2.24) is 10.6 Å². The number of nitrogens with one attached hydrogen (secondary N) is 2. The van der Waals surface area contributed by atoms with Gasteiger partial charge in [0.25, 0.3) is 0 Å². The van der Waals surface area contributed by atoms with Crippen molar-refractivity contribution in [3.8, 4) is 0 Å². The SMILES string of the molecule is CC(CC(=O)NCC(=O)NC1CCCCC1)c1ccc(F)cc1. The monoisotopic (exact) mass is 320 g/mol. The van der Waals surface area contributed by atoms with Crippen molar-refractivity contribution in [2.24, 2.45) is 0 Å². The maximum Gasteiger partial charge on any atom is 0.239 e. The number of halogens is 1. The molecular formula is C18H25FN2O2. The second-order valence-electron chi connectivity index (χ2n) is 6.34. The number of benzene rings is 1. The van der Waals surface area contributed by atoms with E-state index in [1.54, 1.807) is 12.1 Å². The van der Waals surface area contributed by atoms with Crippen molar-refractivity contribution in [1.29, 1.82) is 0 Å². The van der Waals surface area contributed by atoms with E-state index in [9.17, 15) is 14.0 Å². The molecule has 0 aliphatic heterocycles. The minimum absolute atomic E-state index is 0.0167. The first kappa shape index (κ1) is 17.4. The zero-order valence-corrected chi connectivity index (χ0v) is 13.6. The van der Waals surface area contributed by atoms with Crippen molar-refractivity contribution in [2.75, 3.05) is 6.54 Å². The molecule has 0 bridgehead atoms. The first-order valence-electron chi connectivity index (χ1n) is 8.36. The Morgan fingerprint density at radius 3 is 2.43 bits per heavy atom. The van der Waals surface area contributed by atoms with Crippen molar-refractivity contribution in [2.45, 2.75) is 57.4 Å². The van der Waals surface area contributed by atoms with Crippen LogP contribution in [0.5, 0.6) is 0 Å². The van der Waals surface area contributed by atoms with E-state index >= 15 is 0 Å². The Bertz CT molecular complexity index is 524. The molecule has 1 fully saturated rings. The molecule has 0 radical (unpaired) electrons. The lowest BCUT2D eigenvalue weighted by Crippen LogP contribution is -2.42. The van der Waals surface area contributed by atoms with Gasteiger partial charge in [-0.15, -0.1) is 0 Å². The second-order valence-corrected chi connectivity index (χ2v) is 6.34. The van der Waals surface area contributed by atoms with Crippen LogP contribution in [-0.4, -0.2) is 24.4 Å². The first-order chi connectivity index (χ1) is 11.0. The predicted molar refractivity (Wildman–Crippen MR) is 87.5 cm³/mol. The van der Waals surface area contributed by atoms with Gasteiger partial charge in [-0.1, -0.05) is 38.3 Å². The van der Waals surface area contributed by atoms with Crippen LogP contribution in [0, 0.1) is 5.82 Å². The van der Waals surface area contributed by atoms with E-state index in [1.165, 1.54) is 18.6 Å². The molecule has 1 saturated carbocycles. The molecule has 2 amide bonds. The van der Waals surface area contributed by atoms with E-state index in [1.807, 2.05) is 6.92 Å². The quantitative estimate of drug-likeness (QED) is 0.847. The molecule has 2 rings (SSSR count). The Balaban J connectivity index is 1.69. The molecule has 1 aromatic carbocycles. The van der Waals surface area contributed by atoms with E-state index in [2.05, 4.69) is 10.6 Å². The van der Waals surface area contributed by atoms with E-state index < -0.39 is 0 Å². The van der Waals surface area contributed by atoms with Crippen LogP contribution in [0.25, 0.3) is 0 Å². The first-order valence-corrected chi connectivity index (χ1v) is 8.36. The Kier molecular flexibility index (Phi) is 6.56. The van der Waals surface area contributed by atoms with Gasteiger partial charge in [0.2, 0.25) is 11.8 Å². The number of hydrogen-bond acceptors (Lipinski definition) is 2. The molecule has 126 valence electrons. The lowest BCUT2D eigenvalue weighted by molar-refractivity contribution is -0.126. The smallest absolute Gasteiger partial charge is 0.239 e. The Hall–Kier alpha value is -1.91. The molecule has 1 unspecified atom stereocenters. The third-order valence-corrected chi connectivity index (χ3v) is 4.35. The molecular weight excluding hydrogens is 295 g/mol. The maximum absolute atomic E-state index is 12.9. The van der Waals surface area contributed by atoms with Crippen molar-refractivity contribution < 1.29 is 14.0 Å². The summed E-state index contributed by atoms with van der Waals surface area (Å²) in [6.45, 7) is 1.93. The molecule has 0 saturated heterocycles. The summed E-state index contributed by atoms with van der Waals surface area (Å²) >= 11 is 0. The second kappa shape index (κ2) is 8.65. The summed E-state index contributed by atoms with van der Waals surface area (Å²) in [7, 11) is 0. The zero-order chi connectivity index (χ0) is 16.7. The van der Waals surface area contributed by atoms with Gasteiger partial charge >= 0.3 is 0 Å². The summed E-state index contributed by atoms with van der Waals surface area (Å²) in [4.78, 5) is 23.8. The number of carbonyl (C=O) groups is 2. The summed E-state index contributed by atoms with van der Waals surface area (Å²) in [5.41, 5.74) is 0.910. The molecule has 5 heteroatoms. The molecule has 1 aromatic rings. The summed E-state index contributed by atoms with van der Waals surface area (Å²) in [5.74, 6) is -0.595. The van der Waals surface area contributed by atoms with E-state index in [0.29, 0.717) is 0 Å². The molecule has 2 N–H and O–H groups in total. The minimum atomic E-state index is -0.287. The molecule has 0 heterocycles.